The van der Waals surface area contributed by atoms with Gasteiger partial charge >= 0.3 is 0 Å². The Bertz CT molecular complexity index is 679. The van der Waals surface area contributed by atoms with Crippen molar-refractivity contribution in [2.24, 2.45) is 4.99 Å². The number of hydrogen-bond acceptors (Lipinski definition) is 5. The monoisotopic (exact) mass is 404 g/mol. The Morgan fingerprint density at radius 3 is 2.41 bits per heavy atom. The molecule has 7 nitrogen and oxygen atoms in total. The quantitative estimate of drug-likeness (QED) is 0.579. The molecular formula is C22H36N4O3. The lowest BCUT2D eigenvalue weighted by atomic mass is 9.88. The number of rotatable bonds is 6. The van der Waals surface area contributed by atoms with Gasteiger partial charge in [0.1, 0.15) is 11.5 Å². The summed E-state index contributed by atoms with van der Waals surface area (Å²) in [6.07, 6.45) is 3.16. The normalized spacial score (nSPS) is 22.1. The number of ether oxygens (including phenoxy) is 3. The number of methoxy groups -OCH3 is 2. The molecule has 2 aliphatic heterocycles. The Hall–Kier alpha value is -1.99. The first-order valence-electron chi connectivity index (χ1n) is 10.4. The van der Waals surface area contributed by atoms with E-state index in [0.29, 0.717) is 5.92 Å². The second kappa shape index (κ2) is 9.67. The number of benzene rings is 1. The smallest absolute Gasteiger partial charge is 0.193 e. The first-order chi connectivity index (χ1) is 14.0. The maximum Gasteiger partial charge on any atom is 0.193 e. The minimum Gasteiger partial charge on any atom is -0.497 e. The van der Waals surface area contributed by atoms with Crippen molar-refractivity contribution in [3.8, 4) is 11.5 Å². The largest absolute Gasteiger partial charge is 0.497 e. The van der Waals surface area contributed by atoms with Crippen molar-refractivity contribution in [3.05, 3.63) is 23.8 Å². The molecular weight excluding hydrogens is 368 g/mol. The third-order valence-electron chi connectivity index (χ3n) is 6.49. The molecule has 0 saturated carbocycles. The summed E-state index contributed by atoms with van der Waals surface area (Å²) >= 11 is 0. The van der Waals surface area contributed by atoms with Gasteiger partial charge < -0.3 is 29.3 Å². The molecule has 2 fully saturated rings. The lowest BCUT2D eigenvalue weighted by Crippen LogP contribution is -2.57. The van der Waals surface area contributed by atoms with Gasteiger partial charge in [0.25, 0.3) is 0 Å². The van der Waals surface area contributed by atoms with Crippen LogP contribution >= 0.6 is 0 Å². The molecule has 162 valence electrons. The van der Waals surface area contributed by atoms with Gasteiger partial charge in [-0.2, -0.15) is 0 Å². The Labute approximate surface area is 175 Å². The van der Waals surface area contributed by atoms with Crippen molar-refractivity contribution in [1.82, 2.24) is 15.1 Å². The number of likely N-dealkylation sites (N-methyl/N-ethyl adjacent to an activating group) is 1. The average molecular weight is 405 g/mol. The van der Waals surface area contributed by atoms with Crippen molar-refractivity contribution in [1.29, 1.82) is 0 Å². The molecule has 0 spiro atoms. The summed E-state index contributed by atoms with van der Waals surface area (Å²) in [5.41, 5.74) is 1.38. The topological polar surface area (TPSA) is 58.6 Å². The molecule has 2 saturated heterocycles. The molecule has 3 rings (SSSR count). The molecule has 7 heteroatoms. The summed E-state index contributed by atoms with van der Waals surface area (Å²) in [5, 5.41) is 3.65. The van der Waals surface area contributed by atoms with Crippen LogP contribution < -0.4 is 14.8 Å². The summed E-state index contributed by atoms with van der Waals surface area (Å²) < 4.78 is 16.5. The van der Waals surface area contributed by atoms with Gasteiger partial charge in [-0.15, -0.1) is 0 Å². The molecule has 1 N–H and O–H groups in total. The van der Waals surface area contributed by atoms with Gasteiger partial charge in [-0.3, -0.25) is 4.99 Å². The number of nitrogens with zero attached hydrogens (tertiary/aromatic N) is 3. The van der Waals surface area contributed by atoms with Crippen LogP contribution in [0.3, 0.4) is 0 Å². The third-order valence-corrected chi connectivity index (χ3v) is 6.49. The van der Waals surface area contributed by atoms with E-state index in [0.717, 1.165) is 69.6 Å². The van der Waals surface area contributed by atoms with Crippen LogP contribution in [0.15, 0.2) is 23.2 Å². The van der Waals surface area contributed by atoms with Crippen LogP contribution in [0, 0.1) is 0 Å². The molecule has 0 amide bonds. The minimum atomic E-state index is 0.119. The number of guanidine groups is 1. The molecule has 0 radical (unpaired) electrons. The summed E-state index contributed by atoms with van der Waals surface area (Å²) in [7, 11) is 9.59. The lowest BCUT2D eigenvalue weighted by Gasteiger charge is -2.43. The van der Waals surface area contributed by atoms with Crippen LogP contribution in [-0.2, 0) is 4.74 Å². The van der Waals surface area contributed by atoms with Crippen LogP contribution in [0.4, 0.5) is 0 Å². The van der Waals surface area contributed by atoms with E-state index in [4.69, 9.17) is 14.2 Å². The molecule has 0 bridgehead atoms. The van der Waals surface area contributed by atoms with Gasteiger partial charge in [0.2, 0.25) is 0 Å². The summed E-state index contributed by atoms with van der Waals surface area (Å²) in [6.45, 7) is 4.45. The zero-order chi connectivity index (χ0) is 20.9. The van der Waals surface area contributed by atoms with E-state index >= 15 is 0 Å². The van der Waals surface area contributed by atoms with Gasteiger partial charge in [0.05, 0.1) is 14.2 Å². The SMILES string of the molecule is CN=C(NCC1(N(C)C)CCOCC1)N1CCC(c2cc(OC)cc(OC)c2)C1. The number of nitrogens with one attached hydrogen (secondary N) is 1. The van der Waals surface area contributed by atoms with Crippen molar-refractivity contribution >= 4 is 5.96 Å². The Balaban J connectivity index is 1.65. The third kappa shape index (κ3) is 4.95. The highest BCUT2D eigenvalue weighted by molar-refractivity contribution is 5.80. The average Bonchev–Trinajstić information content (AvgIpc) is 3.24. The van der Waals surface area contributed by atoms with E-state index < -0.39 is 0 Å². The standard InChI is InChI=1S/C22H36N4O3/c1-23-21(24-16-22(25(2)3)7-10-29-11-8-22)26-9-6-17(15-26)18-12-19(27-4)14-20(13-18)28-5/h12-14,17H,6-11,15-16H2,1-5H3,(H,23,24). The molecule has 1 aromatic carbocycles. The van der Waals surface area contributed by atoms with Crippen molar-refractivity contribution < 1.29 is 14.2 Å². The van der Waals surface area contributed by atoms with Gasteiger partial charge in [0.15, 0.2) is 5.96 Å². The van der Waals surface area contributed by atoms with Crippen LogP contribution in [0.25, 0.3) is 0 Å². The molecule has 1 aromatic rings. The van der Waals surface area contributed by atoms with Crippen molar-refractivity contribution in [2.75, 3.05) is 68.2 Å². The van der Waals surface area contributed by atoms with Crippen molar-refractivity contribution in [3.63, 3.8) is 0 Å². The van der Waals surface area contributed by atoms with Crippen LogP contribution in [-0.4, -0.2) is 89.5 Å². The molecule has 2 aliphatic rings. The Morgan fingerprint density at radius 1 is 1.21 bits per heavy atom. The highest BCUT2D eigenvalue weighted by Crippen LogP contribution is 2.33. The minimum absolute atomic E-state index is 0.119. The van der Waals surface area contributed by atoms with Crippen molar-refractivity contribution in [2.45, 2.75) is 30.7 Å². The van der Waals surface area contributed by atoms with Gasteiger partial charge in [-0.05, 0) is 51.1 Å². The fourth-order valence-corrected chi connectivity index (χ4v) is 4.40. The van der Waals surface area contributed by atoms with Gasteiger partial charge in [-0.1, -0.05) is 0 Å². The molecule has 29 heavy (non-hydrogen) atoms. The fourth-order valence-electron chi connectivity index (χ4n) is 4.40. The van der Waals surface area contributed by atoms with Gasteiger partial charge in [-0.25, -0.2) is 0 Å². The molecule has 0 aliphatic carbocycles. The van der Waals surface area contributed by atoms with Crippen LogP contribution in [0.2, 0.25) is 0 Å². The van der Waals surface area contributed by atoms with Crippen LogP contribution in [0.5, 0.6) is 11.5 Å². The van der Waals surface area contributed by atoms with E-state index in [2.05, 4.69) is 46.3 Å². The second-order valence-electron chi connectivity index (χ2n) is 8.21. The summed E-state index contributed by atoms with van der Waals surface area (Å²) in [6, 6.07) is 6.16. The predicted molar refractivity (Wildman–Crippen MR) is 116 cm³/mol. The highest BCUT2D eigenvalue weighted by Gasteiger charge is 2.36. The van der Waals surface area contributed by atoms with E-state index in [9.17, 15) is 0 Å². The highest BCUT2D eigenvalue weighted by atomic mass is 16.5. The van der Waals surface area contributed by atoms with Gasteiger partial charge in [0, 0.05) is 57.4 Å². The van der Waals surface area contributed by atoms with E-state index in [-0.39, 0.29) is 5.54 Å². The van der Waals surface area contributed by atoms with Crippen LogP contribution in [0.1, 0.15) is 30.7 Å². The second-order valence-corrected chi connectivity index (χ2v) is 8.21. The molecule has 2 heterocycles. The zero-order valence-electron chi connectivity index (χ0n) is 18.5. The van der Waals surface area contributed by atoms with E-state index in [1.165, 1.54) is 5.56 Å². The Kier molecular flexibility index (Phi) is 7.24. The number of aliphatic imine (C=N–C) groups is 1. The molecule has 1 unspecified atom stereocenters. The maximum atomic E-state index is 5.59. The summed E-state index contributed by atoms with van der Waals surface area (Å²) in [4.78, 5) is 9.27. The first-order valence-corrected chi connectivity index (χ1v) is 10.4. The van der Waals surface area contributed by atoms with E-state index in [1.807, 2.05) is 13.1 Å². The Morgan fingerprint density at radius 2 is 1.86 bits per heavy atom. The predicted octanol–water partition coefficient (Wildman–Crippen LogP) is 2.18. The maximum absolute atomic E-state index is 5.59. The zero-order valence-corrected chi connectivity index (χ0v) is 18.5. The first kappa shape index (κ1) is 21.7. The fraction of sp³-hybridized carbons (Fsp3) is 0.682. The number of hydrogen-bond donors (Lipinski definition) is 1. The lowest BCUT2D eigenvalue weighted by molar-refractivity contribution is -0.00521. The molecule has 1 atom stereocenters. The number of likely N-dealkylation sites (tertiary alicyclic amines) is 1. The van der Waals surface area contributed by atoms with E-state index in [1.54, 1.807) is 14.2 Å². The molecule has 0 aromatic heterocycles. The summed E-state index contributed by atoms with van der Waals surface area (Å²) in [5.74, 6) is 3.10.